The molecule has 1 amide bonds. The minimum absolute atomic E-state index is 0.0168. The van der Waals surface area contributed by atoms with Crippen LogP contribution in [0.1, 0.15) is 32.4 Å². The highest BCUT2D eigenvalue weighted by atomic mass is 32.2. The molecule has 0 spiro atoms. The Labute approximate surface area is 212 Å². The SMILES string of the molecule is CS(=O)CCOc1ccccc1C1C(C(=O)C(C)(C)C)=C(O)C(=O)N1c1ccc(-c2ccon2)cc1. The zero-order valence-electron chi connectivity index (χ0n) is 20.6. The van der Waals surface area contributed by atoms with E-state index in [1.807, 2.05) is 0 Å². The third kappa shape index (κ3) is 4.97. The van der Waals surface area contributed by atoms with Gasteiger partial charge in [0.1, 0.15) is 17.7 Å². The number of ether oxygens (including phenoxy) is 1. The van der Waals surface area contributed by atoms with Crippen LogP contribution in [0.5, 0.6) is 5.75 Å². The first-order valence-corrected chi connectivity index (χ1v) is 13.2. The standard InChI is InChI=1S/C27H28N2O6S/c1-27(2,3)25(31)22-23(19-7-5-6-8-21(19)34-15-16-36(4)33)29(26(32)24(22)30)18-11-9-17(10-12-18)20-13-14-35-28-20/h5-14,23,30H,15-16H2,1-4H3. The molecule has 0 saturated heterocycles. The Bertz CT molecular complexity index is 1320. The predicted octanol–water partition coefficient (Wildman–Crippen LogP) is 4.61. The summed E-state index contributed by atoms with van der Waals surface area (Å²) in [5.41, 5.74) is 1.64. The van der Waals surface area contributed by atoms with Crippen molar-refractivity contribution in [1.82, 2.24) is 5.16 Å². The van der Waals surface area contributed by atoms with Crippen LogP contribution in [0.4, 0.5) is 5.69 Å². The molecule has 0 radical (unpaired) electrons. The highest BCUT2D eigenvalue weighted by Gasteiger charge is 2.47. The van der Waals surface area contributed by atoms with Gasteiger partial charge in [0, 0.05) is 45.4 Å². The molecule has 188 valence electrons. The maximum atomic E-state index is 13.5. The van der Waals surface area contributed by atoms with Crippen LogP contribution in [-0.4, -0.2) is 44.8 Å². The number of Topliss-reactive ketones (excluding diaryl/α,β-unsaturated/α-hetero) is 1. The number of ketones is 1. The molecule has 36 heavy (non-hydrogen) atoms. The Morgan fingerprint density at radius 3 is 2.44 bits per heavy atom. The Balaban J connectivity index is 1.81. The molecule has 2 aromatic carbocycles. The van der Waals surface area contributed by atoms with Crippen LogP contribution in [-0.2, 0) is 20.4 Å². The lowest BCUT2D eigenvalue weighted by molar-refractivity contribution is -0.123. The first kappa shape index (κ1) is 25.4. The van der Waals surface area contributed by atoms with E-state index >= 15 is 0 Å². The third-order valence-electron chi connectivity index (χ3n) is 5.85. The average molecular weight is 509 g/mol. The first-order chi connectivity index (χ1) is 17.1. The summed E-state index contributed by atoms with van der Waals surface area (Å²) in [6.45, 7) is 5.42. The number of rotatable bonds is 8. The maximum Gasteiger partial charge on any atom is 0.294 e. The fraction of sp³-hybridized carbons (Fsp3) is 0.296. The molecule has 1 aliphatic rings. The summed E-state index contributed by atoms with van der Waals surface area (Å²) in [5.74, 6) is -0.820. The summed E-state index contributed by atoms with van der Waals surface area (Å²) in [6, 6.07) is 14.9. The molecule has 2 unspecified atom stereocenters. The van der Waals surface area contributed by atoms with Crippen molar-refractivity contribution in [3.63, 3.8) is 0 Å². The molecule has 9 heteroatoms. The van der Waals surface area contributed by atoms with E-state index in [1.54, 1.807) is 81.6 Å². The largest absolute Gasteiger partial charge is 0.503 e. The van der Waals surface area contributed by atoms with Gasteiger partial charge in [-0.1, -0.05) is 56.3 Å². The molecule has 1 aromatic heterocycles. The Hall–Kier alpha value is -3.72. The summed E-state index contributed by atoms with van der Waals surface area (Å²) < 4.78 is 22.4. The van der Waals surface area contributed by atoms with E-state index in [-0.39, 0.29) is 18.0 Å². The number of carbonyl (C=O) groups excluding carboxylic acids is 2. The molecule has 2 heterocycles. The van der Waals surface area contributed by atoms with E-state index in [0.717, 1.165) is 5.56 Å². The Kier molecular flexibility index (Phi) is 7.12. The number of hydrogen-bond donors (Lipinski definition) is 1. The van der Waals surface area contributed by atoms with E-state index < -0.39 is 33.9 Å². The van der Waals surface area contributed by atoms with Crippen LogP contribution in [0.2, 0.25) is 0 Å². The van der Waals surface area contributed by atoms with Crippen molar-refractivity contribution >= 4 is 28.2 Å². The molecule has 4 rings (SSSR count). The minimum atomic E-state index is -1.04. The number of nitrogens with zero attached hydrogens (tertiary/aromatic N) is 2. The lowest BCUT2D eigenvalue weighted by Crippen LogP contribution is -2.33. The van der Waals surface area contributed by atoms with Gasteiger partial charge >= 0.3 is 0 Å². The van der Waals surface area contributed by atoms with Gasteiger partial charge in [0.15, 0.2) is 11.5 Å². The maximum absolute atomic E-state index is 13.5. The van der Waals surface area contributed by atoms with Gasteiger partial charge in [-0.25, -0.2) is 0 Å². The van der Waals surface area contributed by atoms with Crippen molar-refractivity contribution < 1.29 is 28.2 Å². The van der Waals surface area contributed by atoms with E-state index in [2.05, 4.69) is 5.16 Å². The summed E-state index contributed by atoms with van der Waals surface area (Å²) in [7, 11) is -1.04. The molecular formula is C27H28N2O6S. The van der Waals surface area contributed by atoms with E-state index in [9.17, 15) is 18.9 Å². The number of para-hydroxylation sites is 1. The van der Waals surface area contributed by atoms with Gasteiger partial charge in [-0.05, 0) is 18.2 Å². The summed E-state index contributed by atoms with van der Waals surface area (Å²) >= 11 is 0. The van der Waals surface area contributed by atoms with Gasteiger partial charge in [0.25, 0.3) is 5.91 Å². The zero-order chi connectivity index (χ0) is 26.0. The van der Waals surface area contributed by atoms with E-state index in [1.165, 1.54) is 11.2 Å². The molecule has 1 aliphatic heterocycles. The van der Waals surface area contributed by atoms with Crippen LogP contribution in [0.15, 0.2) is 76.7 Å². The lowest BCUT2D eigenvalue weighted by atomic mass is 9.82. The smallest absolute Gasteiger partial charge is 0.294 e. The van der Waals surface area contributed by atoms with Crippen molar-refractivity contribution in [2.75, 3.05) is 23.5 Å². The van der Waals surface area contributed by atoms with Gasteiger partial charge < -0.3 is 14.4 Å². The molecule has 2 atom stereocenters. The molecule has 8 nitrogen and oxygen atoms in total. The molecule has 0 saturated carbocycles. The number of benzene rings is 2. The molecule has 0 aliphatic carbocycles. The predicted molar refractivity (Wildman–Crippen MR) is 137 cm³/mol. The topological polar surface area (TPSA) is 110 Å². The molecule has 0 bridgehead atoms. The Morgan fingerprint density at radius 1 is 1.14 bits per heavy atom. The number of aliphatic hydroxyl groups excluding tert-OH is 1. The average Bonchev–Trinajstić information content (AvgIpc) is 3.46. The van der Waals surface area contributed by atoms with Gasteiger partial charge in [0.2, 0.25) is 0 Å². The monoisotopic (exact) mass is 508 g/mol. The number of amides is 1. The minimum Gasteiger partial charge on any atom is -0.503 e. The highest BCUT2D eigenvalue weighted by Crippen LogP contribution is 2.46. The number of anilines is 1. The second-order valence-electron chi connectivity index (χ2n) is 9.51. The number of aromatic nitrogens is 1. The van der Waals surface area contributed by atoms with Crippen LogP contribution >= 0.6 is 0 Å². The van der Waals surface area contributed by atoms with Crippen molar-refractivity contribution in [2.45, 2.75) is 26.8 Å². The van der Waals surface area contributed by atoms with Crippen LogP contribution in [0, 0.1) is 5.41 Å². The highest BCUT2D eigenvalue weighted by molar-refractivity contribution is 7.84. The second kappa shape index (κ2) is 10.1. The fourth-order valence-electron chi connectivity index (χ4n) is 4.06. The normalized spacial score (nSPS) is 16.9. The summed E-state index contributed by atoms with van der Waals surface area (Å²) in [4.78, 5) is 28.3. The zero-order valence-corrected chi connectivity index (χ0v) is 21.4. The van der Waals surface area contributed by atoms with Crippen molar-refractivity contribution in [1.29, 1.82) is 0 Å². The molecule has 1 N–H and O–H groups in total. The quantitative estimate of drug-likeness (QED) is 0.473. The second-order valence-corrected chi connectivity index (χ2v) is 11.1. The Morgan fingerprint density at radius 2 is 1.83 bits per heavy atom. The fourth-order valence-corrected chi connectivity index (χ4v) is 4.38. The van der Waals surface area contributed by atoms with Gasteiger partial charge in [-0.3, -0.25) is 18.7 Å². The summed E-state index contributed by atoms with van der Waals surface area (Å²) in [6.07, 6.45) is 3.07. The number of hydrogen-bond acceptors (Lipinski definition) is 7. The molecule has 3 aromatic rings. The molecular weight excluding hydrogens is 480 g/mol. The van der Waals surface area contributed by atoms with Gasteiger partial charge in [-0.15, -0.1) is 0 Å². The van der Waals surface area contributed by atoms with E-state index in [4.69, 9.17) is 9.26 Å². The van der Waals surface area contributed by atoms with Crippen LogP contribution in [0.25, 0.3) is 11.3 Å². The van der Waals surface area contributed by atoms with Crippen LogP contribution < -0.4 is 9.64 Å². The van der Waals surface area contributed by atoms with Crippen molar-refractivity contribution in [2.24, 2.45) is 5.41 Å². The lowest BCUT2D eigenvalue weighted by Gasteiger charge is -2.30. The third-order valence-corrected chi connectivity index (χ3v) is 6.60. The number of aliphatic hydroxyl groups is 1. The molecule has 0 fully saturated rings. The number of carbonyl (C=O) groups is 2. The van der Waals surface area contributed by atoms with Crippen molar-refractivity contribution in [3.8, 4) is 17.0 Å². The van der Waals surface area contributed by atoms with Crippen LogP contribution in [0.3, 0.4) is 0 Å². The first-order valence-electron chi connectivity index (χ1n) is 11.4. The van der Waals surface area contributed by atoms with Gasteiger partial charge in [-0.2, -0.15) is 0 Å². The van der Waals surface area contributed by atoms with Gasteiger partial charge in [0.05, 0.1) is 24.0 Å². The van der Waals surface area contributed by atoms with E-state index in [0.29, 0.717) is 28.4 Å². The van der Waals surface area contributed by atoms with Crippen molar-refractivity contribution in [3.05, 3.63) is 77.8 Å². The summed E-state index contributed by atoms with van der Waals surface area (Å²) in [5, 5.41) is 14.9.